The van der Waals surface area contributed by atoms with Crippen molar-refractivity contribution in [2.45, 2.75) is 25.5 Å². The van der Waals surface area contributed by atoms with Gasteiger partial charge in [0.1, 0.15) is 17.7 Å². The van der Waals surface area contributed by atoms with Crippen molar-refractivity contribution in [2.24, 2.45) is 0 Å². The molecule has 0 saturated carbocycles. The molecule has 2 aromatic rings. The van der Waals surface area contributed by atoms with Crippen LogP contribution in [0, 0.1) is 5.82 Å². The van der Waals surface area contributed by atoms with Gasteiger partial charge in [-0.25, -0.2) is 22.6 Å². The number of cyclic esters (lactones) is 1. The van der Waals surface area contributed by atoms with Crippen LogP contribution in [0.3, 0.4) is 0 Å². The molecule has 35 heavy (non-hydrogen) atoms. The Hall–Kier alpha value is -3.35. The van der Waals surface area contributed by atoms with Gasteiger partial charge in [0.2, 0.25) is 0 Å². The Kier molecular flexibility index (Phi) is 6.88. The zero-order chi connectivity index (χ0) is 25.3. The van der Waals surface area contributed by atoms with E-state index in [0.29, 0.717) is 17.9 Å². The average molecular weight is 513 g/mol. The number of carbonyl (C=O) groups is 2. The van der Waals surface area contributed by atoms with E-state index in [-0.39, 0.29) is 41.9 Å². The third-order valence-corrected chi connectivity index (χ3v) is 7.66. The molecule has 1 aromatic carbocycles. The number of benzene rings is 1. The third-order valence-electron chi connectivity index (χ3n) is 5.86. The highest BCUT2D eigenvalue weighted by Gasteiger charge is 2.33. The molecule has 2 aliphatic rings. The molecule has 1 aromatic heterocycles. The lowest BCUT2D eigenvalue weighted by molar-refractivity contribution is -0.132. The highest BCUT2D eigenvalue weighted by Crippen LogP contribution is 2.30. The second kappa shape index (κ2) is 9.72. The first-order chi connectivity index (χ1) is 16.5. The summed E-state index contributed by atoms with van der Waals surface area (Å²) in [7, 11) is -3.06. The minimum Gasteiger partial charge on any atom is -0.442 e. The number of ether oxygens (including phenoxy) is 1. The van der Waals surface area contributed by atoms with Gasteiger partial charge >= 0.3 is 12.5 Å². The summed E-state index contributed by atoms with van der Waals surface area (Å²) in [6.07, 6.45) is -3.31. The van der Waals surface area contributed by atoms with E-state index in [1.807, 2.05) is 17.1 Å². The van der Waals surface area contributed by atoms with Crippen LogP contribution in [0.2, 0.25) is 0 Å². The topological polar surface area (TPSA) is 109 Å². The number of aromatic nitrogens is 1. The van der Waals surface area contributed by atoms with Crippen molar-refractivity contribution >= 4 is 33.3 Å². The summed E-state index contributed by atoms with van der Waals surface area (Å²) < 4.78 is 68.2. The van der Waals surface area contributed by atoms with Crippen molar-refractivity contribution in [1.82, 2.24) is 10.3 Å². The molecule has 2 aliphatic heterocycles. The van der Waals surface area contributed by atoms with Gasteiger partial charge in [0.15, 0.2) is 9.84 Å². The maximum absolute atomic E-state index is 14.9. The molecular formula is C22H23F3N4O5S. The Morgan fingerprint density at radius 3 is 2.69 bits per heavy atom. The van der Waals surface area contributed by atoms with Crippen molar-refractivity contribution in [1.29, 1.82) is 0 Å². The van der Waals surface area contributed by atoms with E-state index in [4.69, 9.17) is 4.74 Å². The van der Waals surface area contributed by atoms with Crippen LogP contribution >= 0.6 is 0 Å². The summed E-state index contributed by atoms with van der Waals surface area (Å²) in [5.41, 5.74) is 0.953. The minimum absolute atomic E-state index is 0.0405. The van der Waals surface area contributed by atoms with Gasteiger partial charge in [-0.1, -0.05) is 0 Å². The molecule has 13 heteroatoms. The number of hydrogen-bond donors (Lipinski definition) is 1. The van der Waals surface area contributed by atoms with Gasteiger partial charge in [-0.15, -0.1) is 0 Å². The largest absolute Gasteiger partial charge is 0.442 e. The lowest BCUT2D eigenvalue weighted by Crippen LogP contribution is -2.47. The summed E-state index contributed by atoms with van der Waals surface area (Å²) >= 11 is 0. The smallest absolute Gasteiger partial charge is 0.414 e. The van der Waals surface area contributed by atoms with Crippen molar-refractivity contribution in [3.8, 4) is 11.1 Å². The number of rotatable bonds is 6. The lowest BCUT2D eigenvalue weighted by atomic mass is 10.1. The van der Waals surface area contributed by atoms with E-state index in [1.54, 1.807) is 12.1 Å². The zero-order valence-corrected chi connectivity index (χ0v) is 19.5. The van der Waals surface area contributed by atoms with Gasteiger partial charge < -0.3 is 15.0 Å². The highest BCUT2D eigenvalue weighted by atomic mass is 32.2. The molecular weight excluding hydrogens is 489 g/mol. The Labute approximate surface area is 199 Å². The van der Waals surface area contributed by atoms with Crippen LogP contribution < -0.4 is 15.1 Å². The van der Waals surface area contributed by atoms with E-state index in [2.05, 4.69) is 4.98 Å². The van der Waals surface area contributed by atoms with Crippen LogP contribution in [0.1, 0.15) is 6.92 Å². The van der Waals surface area contributed by atoms with Crippen LogP contribution in [-0.4, -0.2) is 75.1 Å². The molecule has 2 fully saturated rings. The van der Waals surface area contributed by atoms with Crippen LogP contribution in [-0.2, 0) is 19.4 Å². The number of nitrogens with one attached hydrogen (secondary N) is 1. The number of hydrogen-bond acceptors (Lipinski definition) is 7. The van der Waals surface area contributed by atoms with Crippen LogP contribution in [0.5, 0.6) is 0 Å². The molecule has 1 N–H and O–H groups in total. The Bertz CT molecular complexity index is 1230. The molecule has 0 radical (unpaired) electrons. The molecule has 3 heterocycles. The Balaban J connectivity index is 1.44. The molecule has 1 unspecified atom stereocenters. The molecule has 2 saturated heterocycles. The van der Waals surface area contributed by atoms with Gasteiger partial charge in [-0.05, 0) is 37.3 Å². The van der Waals surface area contributed by atoms with Crippen LogP contribution in [0.4, 0.5) is 29.5 Å². The molecule has 2 atom stereocenters. The maximum Gasteiger partial charge on any atom is 0.414 e. The van der Waals surface area contributed by atoms with Crippen LogP contribution in [0.25, 0.3) is 11.1 Å². The van der Waals surface area contributed by atoms with Gasteiger partial charge in [0.05, 0.1) is 30.3 Å². The van der Waals surface area contributed by atoms with Gasteiger partial charge in [0, 0.05) is 29.9 Å². The number of anilines is 2. The number of alkyl halides is 2. The summed E-state index contributed by atoms with van der Waals surface area (Å²) in [6, 6.07) is 7.32. The highest BCUT2D eigenvalue weighted by molar-refractivity contribution is 7.91. The Morgan fingerprint density at radius 2 is 2.06 bits per heavy atom. The van der Waals surface area contributed by atoms with Crippen molar-refractivity contribution in [3.63, 3.8) is 0 Å². The minimum atomic E-state index is -3.17. The molecule has 4 rings (SSSR count). The van der Waals surface area contributed by atoms with E-state index < -0.39 is 40.2 Å². The zero-order valence-electron chi connectivity index (χ0n) is 18.7. The molecule has 188 valence electrons. The fourth-order valence-corrected chi connectivity index (χ4v) is 5.65. The quantitative estimate of drug-likeness (QED) is 0.632. The normalized spacial score (nSPS) is 21.8. The second-order valence-electron chi connectivity index (χ2n) is 8.39. The summed E-state index contributed by atoms with van der Waals surface area (Å²) in [5, 5.41) is 1.99. The standard InChI is InChI=1S/C22H23F3N4O5S/c1-13-12-35(32,33)7-6-28(13)19-5-2-14(9-26-19)17-4-3-15(8-18(17)23)29-11-16(34-22(29)31)10-27-21(30)20(24)25/h2-5,8-9,13,16,20H,6-7,10-12H2,1H3,(H,27,30)/t13?,16-/m0/s1. The van der Waals surface area contributed by atoms with Crippen molar-refractivity contribution in [3.05, 3.63) is 42.3 Å². The van der Waals surface area contributed by atoms with Gasteiger partial charge in [0.25, 0.3) is 5.91 Å². The van der Waals surface area contributed by atoms with E-state index >= 15 is 0 Å². The monoisotopic (exact) mass is 512 g/mol. The van der Waals surface area contributed by atoms with Gasteiger partial charge in [-0.3, -0.25) is 9.69 Å². The lowest BCUT2D eigenvalue weighted by Gasteiger charge is -2.34. The third kappa shape index (κ3) is 5.50. The van der Waals surface area contributed by atoms with E-state index in [9.17, 15) is 31.2 Å². The number of sulfone groups is 1. The van der Waals surface area contributed by atoms with Gasteiger partial charge in [-0.2, -0.15) is 8.78 Å². The van der Waals surface area contributed by atoms with E-state index in [1.165, 1.54) is 18.3 Å². The first-order valence-electron chi connectivity index (χ1n) is 10.8. The first-order valence-corrected chi connectivity index (χ1v) is 12.6. The van der Waals surface area contributed by atoms with Crippen molar-refractivity contribution < 1.29 is 35.9 Å². The average Bonchev–Trinajstić information content (AvgIpc) is 3.17. The molecule has 0 spiro atoms. The number of amides is 2. The fourth-order valence-electron chi connectivity index (χ4n) is 4.09. The molecule has 9 nitrogen and oxygen atoms in total. The maximum atomic E-state index is 14.9. The van der Waals surface area contributed by atoms with Crippen molar-refractivity contribution in [2.75, 3.05) is 40.9 Å². The Morgan fingerprint density at radius 1 is 1.29 bits per heavy atom. The molecule has 2 amide bonds. The predicted octanol–water partition coefficient (Wildman–Crippen LogP) is 2.22. The predicted molar refractivity (Wildman–Crippen MR) is 122 cm³/mol. The SMILES string of the molecule is CC1CS(=O)(=O)CCN1c1ccc(-c2ccc(N3C[C@H](CNC(=O)C(F)F)OC3=O)cc2F)cn1. The summed E-state index contributed by atoms with van der Waals surface area (Å²) in [5.74, 6) is -1.39. The molecule has 0 bridgehead atoms. The number of nitrogens with zero attached hydrogens (tertiary/aromatic N) is 3. The van der Waals surface area contributed by atoms with E-state index in [0.717, 1.165) is 11.0 Å². The first kappa shape index (κ1) is 24.8. The number of carbonyl (C=O) groups excluding carboxylic acids is 2. The number of halogens is 3. The summed E-state index contributed by atoms with van der Waals surface area (Å²) in [4.78, 5) is 30.6. The fraction of sp³-hybridized carbons (Fsp3) is 0.409. The summed E-state index contributed by atoms with van der Waals surface area (Å²) in [6.45, 7) is 1.82. The van der Waals surface area contributed by atoms with Crippen LogP contribution in [0.15, 0.2) is 36.5 Å². The molecule has 0 aliphatic carbocycles. The second-order valence-corrected chi connectivity index (χ2v) is 10.6. The number of pyridine rings is 1.